The van der Waals surface area contributed by atoms with E-state index in [1.165, 1.54) is 38.5 Å². The van der Waals surface area contributed by atoms with Gasteiger partial charge in [-0.05, 0) is 64.2 Å². The normalized spacial score (nSPS) is 20.9. The SMILES string of the molecule is CC/C=C/C=C/C=C\C=C/CCCCC(O)C(=O)NC(COC1OC(CO)C(O)C(O)C1OC(=O)CCCCCCCCC/C=C/C=C/C=C/CC)C(O)/C=C/CCCCCCCCCCC. The third-order valence-electron chi connectivity index (χ3n) is 11.6. The van der Waals surface area contributed by atoms with E-state index in [1.807, 2.05) is 60.8 Å². The number of allylic oxidation sites excluding steroid dienone is 15. The Kier molecular flexibility index (Phi) is 40.3. The van der Waals surface area contributed by atoms with Gasteiger partial charge in [-0.15, -0.1) is 0 Å². The van der Waals surface area contributed by atoms with E-state index in [9.17, 15) is 35.1 Å². The number of nitrogens with one attached hydrogen (secondary N) is 1. The van der Waals surface area contributed by atoms with Crippen molar-refractivity contribution >= 4 is 11.9 Å². The molecule has 8 atom stereocenters. The first-order chi connectivity index (χ1) is 32.7. The quantitative estimate of drug-likeness (QED) is 0.0150. The number of unbranched alkanes of at least 4 members (excludes halogenated alkanes) is 18. The molecule has 0 saturated carbocycles. The largest absolute Gasteiger partial charge is 0.454 e. The summed E-state index contributed by atoms with van der Waals surface area (Å²) in [6, 6.07) is -1.05. The number of rotatable bonds is 41. The summed E-state index contributed by atoms with van der Waals surface area (Å²) in [4.78, 5) is 26.3. The molecule has 6 N–H and O–H groups in total. The smallest absolute Gasteiger partial charge is 0.306 e. The van der Waals surface area contributed by atoms with E-state index in [1.54, 1.807) is 6.08 Å². The molecule has 0 aromatic carbocycles. The molecule has 11 heteroatoms. The van der Waals surface area contributed by atoms with Gasteiger partial charge in [-0.1, -0.05) is 208 Å². The Morgan fingerprint density at radius 1 is 0.597 bits per heavy atom. The van der Waals surface area contributed by atoms with E-state index < -0.39 is 67.4 Å². The molecule has 1 aliphatic heterocycles. The van der Waals surface area contributed by atoms with E-state index in [0.29, 0.717) is 12.8 Å². The van der Waals surface area contributed by atoms with Gasteiger partial charge < -0.3 is 45.1 Å². The van der Waals surface area contributed by atoms with Crippen LogP contribution in [0.15, 0.2) is 97.2 Å². The molecule has 1 saturated heterocycles. The molecule has 1 heterocycles. The van der Waals surface area contributed by atoms with Gasteiger partial charge in [0.15, 0.2) is 12.4 Å². The molecule has 0 bridgehead atoms. The fourth-order valence-corrected chi connectivity index (χ4v) is 7.48. The number of esters is 1. The Labute approximate surface area is 405 Å². The van der Waals surface area contributed by atoms with Crippen LogP contribution in [0.5, 0.6) is 0 Å². The van der Waals surface area contributed by atoms with Crippen LogP contribution in [-0.4, -0.2) is 99.6 Å². The second-order valence-electron chi connectivity index (χ2n) is 17.6. The number of amides is 1. The minimum Gasteiger partial charge on any atom is -0.454 e. The van der Waals surface area contributed by atoms with E-state index in [4.69, 9.17) is 14.2 Å². The zero-order chi connectivity index (χ0) is 49.0. The highest BCUT2D eigenvalue weighted by Gasteiger charge is 2.47. The Balaban J connectivity index is 2.81. The summed E-state index contributed by atoms with van der Waals surface area (Å²) in [6.45, 7) is 5.43. The van der Waals surface area contributed by atoms with Crippen molar-refractivity contribution in [1.29, 1.82) is 0 Å². The summed E-state index contributed by atoms with van der Waals surface area (Å²) in [5.74, 6) is -1.26. The Hall–Kier alpha value is -3.42. The Morgan fingerprint density at radius 3 is 1.61 bits per heavy atom. The van der Waals surface area contributed by atoms with Crippen molar-refractivity contribution in [1.82, 2.24) is 5.32 Å². The highest BCUT2D eigenvalue weighted by Crippen LogP contribution is 2.26. The number of ether oxygens (including phenoxy) is 3. The summed E-state index contributed by atoms with van der Waals surface area (Å²) < 4.78 is 17.5. The molecule has 8 unspecified atom stereocenters. The molecule has 67 heavy (non-hydrogen) atoms. The van der Waals surface area contributed by atoms with E-state index in [0.717, 1.165) is 96.3 Å². The molecular formula is C56H93NO10. The Bertz CT molecular complexity index is 1450. The Morgan fingerprint density at radius 2 is 1.07 bits per heavy atom. The molecule has 0 aliphatic carbocycles. The van der Waals surface area contributed by atoms with Gasteiger partial charge in [0.2, 0.25) is 5.91 Å². The molecule has 11 nitrogen and oxygen atoms in total. The van der Waals surface area contributed by atoms with Gasteiger partial charge in [0, 0.05) is 6.42 Å². The van der Waals surface area contributed by atoms with Crippen molar-refractivity contribution in [2.45, 2.75) is 230 Å². The van der Waals surface area contributed by atoms with E-state index >= 15 is 0 Å². The maximum absolute atomic E-state index is 13.3. The monoisotopic (exact) mass is 940 g/mol. The predicted octanol–water partition coefficient (Wildman–Crippen LogP) is 10.8. The van der Waals surface area contributed by atoms with Crippen LogP contribution in [0.2, 0.25) is 0 Å². The minimum absolute atomic E-state index is 0.0996. The molecular weight excluding hydrogens is 847 g/mol. The molecule has 0 aromatic heterocycles. The maximum Gasteiger partial charge on any atom is 0.306 e. The molecule has 0 spiro atoms. The van der Waals surface area contributed by atoms with Crippen molar-refractivity contribution in [3.63, 3.8) is 0 Å². The fraction of sp³-hybridized carbons (Fsp3) is 0.679. The van der Waals surface area contributed by atoms with Crippen molar-refractivity contribution in [2.75, 3.05) is 13.2 Å². The van der Waals surface area contributed by atoms with Crippen molar-refractivity contribution in [2.24, 2.45) is 0 Å². The maximum atomic E-state index is 13.3. The average Bonchev–Trinajstić information content (AvgIpc) is 3.32. The first-order valence-electron chi connectivity index (χ1n) is 26.1. The molecule has 1 rings (SSSR count). The molecule has 0 aromatic rings. The van der Waals surface area contributed by atoms with Gasteiger partial charge in [0.25, 0.3) is 0 Å². The number of hydrogen-bond acceptors (Lipinski definition) is 10. The summed E-state index contributed by atoms with van der Waals surface area (Å²) in [6.07, 6.45) is 46.1. The molecule has 0 radical (unpaired) electrons. The van der Waals surface area contributed by atoms with Crippen LogP contribution in [0.25, 0.3) is 0 Å². The van der Waals surface area contributed by atoms with Crippen LogP contribution in [0.4, 0.5) is 0 Å². The summed E-state index contributed by atoms with van der Waals surface area (Å²) in [7, 11) is 0. The second kappa shape index (κ2) is 43.8. The van der Waals surface area contributed by atoms with Crippen LogP contribution in [-0.2, 0) is 23.8 Å². The zero-order valence-corrected chi connectivity index (χ0v) is 41.7. The van der Waals surface area contributed by atoms with Crippen LogP contribution in [0, 0.1) is 0 Å². The third-order valence-corrected chi connectivity index (χ3v) is 11.6. The van der Waals surface area contributed by atoms with Gasteiger partial charge in [-0.25, -0.2) is 0 Å². The molecule has 382 valence electrons. The first kappa shape index (κ1) is 61.6. The summed E-state index contributed by atoms with van der Waals surface area (Å²) >= 11 is 0. The first-order valence-corrected chi connectivity index (χ1v) is 26.1. The summed E-state index contributed by atoms with van der Waals surface area (Å²) in [5.41, 5.74) is 0. The molecule has 1 fully saturated rings. The predicted molar refractivity (Wildman–Crippen MR) is 273 cm³/mol. The number of aliphatic hydroxyl groups is 5. The lowest BCUT2D eigenvalue weighted by atomic mass is 9.99. The third kappa shape index (κ3) is 32.9. The highest BCUT2D eigenvalue weighted by atomic mass is 16.7. The van der Waals surface area contributed by atoms with Gasteiger partial charge in [0.1, 0.15) is 24.4 Å². The zero-order valence-electron chi connectivity index (χ0n) is 41.7. The van der Waals surface area contributed by atoms with Gasteiger partial charge >= 0.3 is 5.97 Å². The van der Waals surface area contributed by atoms with Crippen molar-refractivity contribution in [3.05, 3.63) is 97.2 Å². The number of carbonyl (C=O) groups excluding carboxylic acids is 2. The van der Waals surface area contributed by atoms with Crippen LogP contribution in [0.1, 0.15) is 181 Å². The number of aliphatic hydroxyl groups excluding tert-OH is 5. The molecule has 1 amide bonds. The highest BCUT2D eigenvalue weighted by molar-refractivity contribution is 5.80. The van der Waals surface area contributed by atoms with Crippen LogP contribution >= 0.6 is 0 Å². The lowest BCUT2D eigenvalue weighted by molar-refractivity contribution is -0.305. The van der Waals surface area contributed by atoms with E-state index in [-0.39, 0.29) is 19.4 Å². The van der Waals surface area contributed by atoms with Crippen LogP contribution in [0.3, 0.4) is 0 Å². The van der Waals surface area contributed by atoms with Crippen molar-refractivity contribution in [3.8, 4) is 0 Å². The average molecular weight is 940 g/mol. The summed E-state index contributed by atoms with van der Waals surface area (Å²) in [5, 5.41) is 56.5. The number of hydrogen-bond donors (Lipinski definition) is 6. The lowest BCUT2D eigenvalue weighted by Crippen LogP contribution is -2.61. The van der Waals surface area contributed by atoms with Crippen molar-refractivity contribution < 1.29 is 49.3 Å². The van der Waals surface area contributed by atoms with Gasteiger partial charge in [0.05, 0.1) is 25.4 Å². The fourth-order valence-electron chi connectivity index (χ4n) is 7.48. The lowest BCUT2D eigenvalue weighted by Gasteiger charge is -2.41. The number of carbonyl (C=O) groups is 2. The topological polar surface area (TPSA) is 175 Å². The minimum atomic E-state index is -1.63. The van der Waals surface area contributed by atoms with Gasteiger partial charge in [-0.2, -0.15) is 0 Å². The second-order valence-corrected chi connectivity index (χ2v) is 17.6. The van der Waals surface area contributed by atoms with Crippen LogP contribution < -0.4 is 5.32 Å². The van der Waals surface area contributed by atoms with E-state index in [2.05, 4.69) is 56.5 Å². The molecule has 1 aliphatic rings. The van der Waals surface area contributed by atoms with Gasteiger partial charge in [-0.3, -0.25) is 9.59 Å². The standard InChI is InChI=1S/C56H93NO10/c1-4-7-10-13-16-19-22-24-25-26-29-32-35-38-41-44-51(61)67-54-53(63)52(62)50(45-58)66-56(54)65-46-47(48(59)42-39-36-33-30-27-21-18-15-12-9-6-3)57-55(64)49(60)43-40-37-34-31-28-23-20-17-14-11-8-5-2/h7-8,10-11,13-14,16-17,19-20,22-23,28,31,39,42,47-50,52-54,56,58-60,62-63H,4-6,9,12,15,18,21,24-27,29-30,32-38,40-41,43-46H2,1-3H3,(H,57,64)/b10-7+,11-8+,16-13+,17-14+,22-19+,23-20-,31-28-,42-39+.